The number of ether oxygens (including phenoxy) is 2. The number of halogens is 9. The van der Waals surface area contributed by atoms with Crippen LogP contribution in [0.5, 0.6) is 0 Å². The van der Waals surface area contributed by atoms with E-state index in [9.17, 15) is 49.1 Å². The van der Waals surface area contributed by atoms with Gasteiger partial charge in [-0.3, -0.25) is 9.69 Å². The Morgan fingerprint density at radius 3 is 2.11 bits per heavy atom. The molecule has 8 nitrogen and oxygen atoms in total. The molecule has 1 atom stereocenters. The van der Waals surface area contributed by atoms with Crippen LogP contribution >= 0.6 is 0 Å². The van der Waals surface area contributed by atoms with E-state index in [1.165, 1.54) is 6.07 Å². The summed E-state index contributed by atoms with van der Waals surface area (Å²) >= 11 is 0. The maximum absolute atomic E-state index is 13.8. The minimum Gasteiger partial charge on any atom is -0.461 e. The molecule has 1 spiro atoms. The summed E-state index contributed by atoms with van der Waals surface area (Å²) in [6.45, 7) is 2.02. The van der Waals surface area contributed by atoms with Gasteiger partial charge >= 0.3 is 30.6 Å². The summed E-state index contributed by atoms with van der Waals surface area (Å²) in [6.07, 6.45) is -18.2. The average Bonchev–Trinajstić information content (AvgIpc) is 3.66. The molecule has 17 heteroatoms. The highest BCUT2D eigenvalue weighted by atomic mass is 19.4. The van der Waals surface area contributed by atoms with E-state index >= 15 is 0 Å². The number of hydrogen-bond donors (Lipinski definition) is 1. The van der Waals surface area contributed by atoms with Crippen LogP contribution in [0.4, 0.5) is 50.0 Å². The molecule has 0 saturated carbocycles. The minimum atomic E-state index is -5.82. The summed E-state index contributed by atoms with van der Waals surface area (Å²) in [5.41, 5.74) is -0.323. The first-order valence-corrected chi connectivity index (χ1v) is 15.7. The van der Waals surface area contributed by atoms with E-state index in [0.717, 1.165) is 36.4 Å². The Labute approximate surface area is 265 Å². The number of anilines is 1. The maximum Gasteiger partial charge on any atom is 0.434 e. The van der Waals surface area contributed by atoms with Crippen molar-refractivity contribution in [2.45, 2.75) is 100 Å². The molecule has 0 bridgehead atoms. The van der Waals surface area contributed by atoms with Gasteiger partial charge in [0.2, 0.25) is 0 Å². The van der Waals surface area contributed by atoms with Crippen LogP contribution in [-0.2, 0) is 27.0 Å². The van der Waals surface area contributed by atoms with Crippen molar-refractivity contribution in [2.24, 2.45) is 0 Å². The summed E-state index contributed by atoms with van der Waals surface area (Å²) < 4.78 is 128. The SMILES string of the molecule is O=C(OC1CCN(c2cc(C(F)(F)F)ccc2CN2CCCC23CCN(C(=O)OC(C(F)(F)F)C(F)(F)F)CC3)CC1)[C@@H]1CCCN1. The van der Waals surface area contributed by atoms with Gasteiger partial charge < -0.3 is 24.6 Å². The zero-order valence-electron chi connectivity index (χ0n) is 25.4. The Kier molecular flexibility index (Phi) is 10.2. The number of nitrogens with zero attached hydrogens (tertiary/aromatic N) is 3. The Bertz CT molecular complexity index is 1250. The number of rotatable bonds is 6. The van der Waals surface area contributed by atoms with Crippen LogP contribution in [0.25, 0.3) is 0 Å². The molecule has 1 aromatic carbocycles. The van der Waals surface area contributed by atoms with Crippen molar-refractivity contribution in [2.75, 3.05) is 44.2 Å². The molecule has 1 amide bonds. The van der Waals surface area contributed by atoms with Crippen LogP contribution in [0.2, 0.25) is 0 Å². The second-order valence-electron chi connectivity index (χ2n) is 12.7. The largest absolute Gasteiger partial charge is 0.461 e. The number of amides is 1. The van der Waals surface area contributed by atoms with Gasteiger partial charge in [0.05, 0.1) is 5.56 Å². The average molecular weight is 689 g/mol. The first kappa shape index (κ1) is 35.4. The number of nitrogens with one attached hydrogen (secondary N) is 1. The van der Waals surface area contributed by atoms with Gasteiger partial charge in [-0.05, 0) is 69.3 Å². The summed E-state index contributed by atoms with van der Waals surface area (Å²) in [6, 6.07) is 3.22. The Hall–Kier alpha value is -2.95. The highest BCUT2D eigenvalue weighted by Gasteiger charge is 2.60. The van der Waals surface area contributed by atoms with Gasteiger partial charge in [0.1, 0.15) is 12.1 Å². The van der Waals surface area contributed by atoms with Crippen molar-refractivity contribution in [1.29, 1.82) is 0 Å². The predicted molar refractivity (Wildman–Crippen MR) is 149 cm³/mol. The molecule has 1 aromatic rings. The fraction of sp³-hybridized carbons (Fsp3) is 0.733. The lowest BCUT2D eigenvalue weighted by molar-refractivity contribution is -0.308. The van der Waals surface area contributed by atoms with E-state index in [1.54, 1.807) is 0 Å². The van der Waals surface area contributed by atoms with Crippen molar-refractivity contribution < 1.29 is 58.6 Å². The standard InChI is InChI=1S/C30H37F9N4O4/c31-28(32,33)20-5-4-19(23(17-20)41-13-6-21(7-14-41)46-24(44)22-3-1-11-40-22)18-43-12-2-8-27(43)9-15-42(16-10-27)26(45)47-25(29(34,35)36)30(37,38)39/h4-5,17,21-22,25,40H,1-3,6-16,18H2/t22-/m0/s1. The molecule has 0 unspecified atom stereocenters. The summed E-state index contributed by atoms with van der Waals surface area (Å²) in [5, 5.41) is 3.09. The lowest BCUT2D eigenvalue weighted by atomic mass is 9.84. The molecule has 4 saturated heterocycles. The van der Waals surface area contributed by atoms with Crippen LogP contribution < -0.4 is 10.2 Å². The predicted octanol–water partition coefficient (Wildman–Crippen LogP) is 6.03. The van der Waals surface area contributed by atoms with Crippen LogP contribution in [-0.4, -0.2) is 97.3 Å². The minimum absolute atomic E-state index is 0.139. The lowest BCUT2D eigenvalue weighted by Crippen LogP contribution is -2.54. The molecule has 4 fully saturated rings. The van der Waals surface area contributed by atoms with Crippen molar-refractivity contribution >= 4 is 17.7 Å². The third kappa shape index (κ3) is 8.20. The van der Waals surface area contributed by atoms with E-state index in [2.05, 4.69) is 15.0 Å². The second kappa shape index (κ2) is 13.5. The van der Waals surface area contributed by atoms with Gasteiger partial charge in [-0.1, -0.05) is 6.07 Å². The highest BCUT2D eigenvalue weighted by Crippen LogP contribution is 2.42. The van der Waals surface area contributed by atoms with Gasteiger partial charge in [0.15, 0.2) is 0 Å². The molecular formula is C30H37F9N4O4. The normalized spacial score (nSPS) is 23.1. The number of hydrogen-bond acceptors (Lipinski definition) is 7. The van der Waals surface area contributed by atoms with E-state index in [1.807, 2.05) is 4.90 Å². The number of likely N-dealkylation sites (tertiary alicyclic amines) is 2. The first-order chi connectivity index (χ1) is 22.0. The third-order valence-corrected chi connectivity index (χ3v) is 9.69. The van der Waals surface area contributed by atoms with Crippen molar-refractivity contribution in [3.05, 3.63) is 29.3 Å². The summed E-state index contributed by atoms with van der Waals surface area (Å²) in [7, 11) is 0. The van der Waals surface area contributed by atoms with E-state index in [4.69, 9.17) is 4.74 Å². The van der Waals surface area contributed by atoms with E-state index in [0.29, 0.717) is 56.6 Å². The zero-order chi connectivity index (χ0) is 34.2. The monoisotopic (exact) mass is 688 g/mol. The molecule has 264 valence electrons. The highest BCUT2D eigenvalue weighted by molar-refractivity contribution is 5.76. The molecule has 0 aliphatic carbocycles. The van der Waals surface area contributed by atoms with Crippen LogP contribution in [0.3, 0.4) is 0 Å². The van der Waals surface area contributed by atoms with Crippen molar-refractivity contribution in [1.82, 2.24) is 15.1 Å². The summed E-state index contributed by atoms with van der Waals surface area (Å²) in [5.74, 6) is -0.320. The molecule has 4 aliphatic heterocycles. The number of alkyl halides is 9. The lowest BCUT2D eigenvalue weighted by Gasteiger charge is -2.45. The number of benzene rings is 1. The Morgan fingerprint density at radius 2 is 1.53 bits per heavy atom. The topological polar surface area (TPSA) is 74.4 Å². The van der Waals surface area contributed by atoms with Gasteiger partial charge in [-0.2, -0.15) is 39.5 Å². The van der Waals surface area contributed by atoms with Crippen LogP contribution in [0.1, 0.15) is 62.5 Å². The molecule has 47 heavy (non-hydrogen) atoms. The van der Waals surface area contributed by atoms with Gasteiger partial charge in [0.25, 0.3) is 6.10 Å². The van der Waals surface area contributed by atoms with E-state index < -0.39 is 41.8 Å². The molecular weight excluding hydrogens is 651 g/mol. The smallest absolute Gasteiger partial charge is 0.434 e. The van der Waals surface area contributed by atoms with Crippen molar-refractivity contribution in [3.8, 4) is 0 Å². The Balaban J connectivity index is 1.25. The maximum atomic E-state index is 13.8. The van der Waals surface area contributed by atoms with Gasteiger partial charge in [0, 0.05) is 56.8 Å². The van der Waals surface area contributed by atoms with Gasteiger partial charge in [-0.25, -0.2) is 4.79 Å². The summed E-state index contributed by atoms with van der Waals surface area (Å²) in [4.78, 5) is 29.5. The van der Waals surface area contributed by atoms with Crippen LogP contribution in [0, 0.1) is 0 Å². The van der Waals surface area contributed by atoms with Gasteiger partial charge in [-0.15, -0.1) is 0 Å². The van der Waals surface area contributed by atoms with E-state index in [-0.39, 0.29) is 50.6 Å². The second-order valence-corrected chi connectivity index (χ2v) is 12.7. The Morgan fingerprint density at radius 1 is 0.872 bits per heavy atom. The third-order valence-electron chi connectivity index (χ3n) is 9.69. The molecule has 0 aromatic heterocycles. The zero-order valence-corrected chi connectivity index (χ0v) is 25.4. The molecule has 5 rings (SSSR count). The fourth-order valence-corrected chi connectivity index (χ4v) is 7.13. The number of esters is 1. The number of piperidine rings is 2. The molecule has 0 radical (unpaired) electrons. The molecule has 1 N–H and O–H groups in total. The number of carbonyl (C=O) groups excluding carboxylic acids is 2. The first-order valence-electron chi connectivity index (χ1n) is 15.7. The number of carbonyl (C=O) groups is 2. The fourth-order valence-electron chi connectivity index (χ4n) is 7.13. The van der Waals surface area contributed by atoms with Crippen LogP contribution in [0.15, 0.2) is 18.2 Å². The molecule has 4 aliphatic rings. The quantitative estimate of drug-likeness (QED) is 0.289. The molecule has 4 heterocycles. The van der Waals surface area contributed by atoms with Crippen molar-refractivity contribution in [3.63, 3.8) is 0 Å².